The average molecular weight is 320 g/mol. The zero-order chi connectivity index (χ0) is 16.7. The molecule has 2 heterocycles. The Labute approximate surface area is 121 Å². The molecule has 1 aromatic heterocycles. The molecule has 0 aromatic carbocycles. The maximum atomic E-state index is 13.8. The summed E-state index contributed by atoms with van der Waals surface area (Å²) >= 11 is 0. The molecule has 22 heavy (non-hydrogen) atoms. The fourth-order valence-corrected chi connectivity index (χ4v) is 2.08. The van der Waals surface area contributed by atoms with Gasteiger partial charge in [0.2, 0.25) is 5.79 Å². The summed E-state index contributed by atoms with van der Waals surface area (Å²) < 4.78 is 22.9. The molecule has 5 N–H and O–H groups in total. The Kier molecular flexibility index (Phi) is 4.26. The Morgan fingerprint density at radius 2 is 2.09 bits per heavy atom. The lowest BCUT2D eigenvalue weighted by atomic mass is 9.90. The van der Waals surface area contributed by atoms with Gasteiger partial charge in [-0.3, -0.25) is 0 Å². The van der Waals surface area contributed by atoms with Crippen LogP contribution in [0.4, 0.5) is 4.39 Å². The molecule has 0 unspecified atom stereocenters. The van der Waals surface area contributed by atoms with Gasteiger partial charge in [0.1, 0.15) is 24.0 Å². The average Bonchev–Trinajstić information content (AvgIpc) is 2.50. The second-order valence-corrected chi connectivity index (χ2v) is 4.60. The third-order valence-corrected chi connectivity index (χ3v) is 3.25. The van der Waals surface area contributed by atoms with Crippen molar-refractivity contribution in [2.75, 3.05) is 7.11 Å². The van der Waals surface area contributed by atoms with Gasteiger partial charge >= 0.3 is 11.7 Å². The van der Waals surface area contributed by atoms with Gasteiger partial charge in [-0.15, -0.1) is 0 Å². The standard InChI is InChI=1S/C11H13FN2O8/c1-21-9(18)6-4(15)5(16)8(17)11(20,22-6)7-3(12)2-13-10(19)14-7/h2,4-6,8,15-17,20H,1H3,(H,13,14,19)/t4-,5-,6-,8+,11+/m0/s1. The maximum Gasteiger partial charge on any atom is 0.345 e. The number of aliphatic hydroxyl groups excluding tert-OH is 3. The molecule has 11 heteroatoms. The van der Waals surface area contributed by atoms with Crippen molar-refractivity contribution in [1.82, 2.24) is 9.97 Å². The number of methoxy groups -OCH3 is 1. The monoisotopic (exact) mass is 320 g/mol. The highest BCUT2D eigenvalue weighted by Gasteiger charge is 2.57. The normalized spacial score (nSPS) is 35.2. The van der Waals surface area contributed by atoms with Crippen LogP contribution < -0.4 is 5.69 Å². The van der Waals surface area contributed by atoms with Gasteiger partial charge in [-0.2, -0.15) is 4.98 Å². The molecule has 0 bridgehead atoms. The molecule has 1 aliphatic heterocycles. The van der Waals surface area contributed by atoms with Crippen LogP contribution in [0.25, 0.3) is 0 Å². The first kappa shape index (κ1) is 16.5. The highest BCUT2D eigenvalue weighted by atomic mass is 19.1. The largest absolute Gasteiger partial charge is 0.467 e. The van der Waals surface area contributed by atoms with Crippen LogP contribution in [-0.2, 0) is 20.1 Å². The molecule has 0 amide bonds. The van der Waals surface area contributed by atoms with Gasteiger partial charge in [0, 0.05) is 0 Å². The van der Waals surface area contributed by atoms with Crippen molar-refractivity contribution in [3.8, 4) is 0 Å². The number of esters is 1. The van der Waals surface area contributed by atoms with E-state index in [4.69, 9.17) is 4.74 Å². The predicted octanol–water partition coefficient (Wildman–Crippen LogP) is -3.29. The van der Waals surface area contributed by atoms with Crippen molar-refractivity contribution >= 4 is 5.97 Å². The number of halogens is 1. The third-order valence-electron chi connectivity index (χ3n) is 3.25. The minimum absolute atomic E-state index is 0.451. The van der Waals surface area contributed by atoms with E-state index in [1.807, 2.05) is 4.98 Å². The number of hydrogen-bond donors (Lipinski definition) is 5. The molecule has 1 fully saturated rings. The maximum absolute atomic E-state index is 13.8. The summed E-state index contributed by atoms with van der Waals surface area (Å²) in [4.78, 5) is 27.5. The number of hydrogen-bond acceptors (Lipinski definition) is 9. The fourth-order valence-electron chi connectivity index (χ4n) is 2.08. The number of nitrogens with one attached hydrogen (secondary N) is 1. The number of aromatic nitrogens is 2. The summed E-state index contributed by atoms with van der Waals surface area (Å²) in [7, 11) is 0.948. The van der Waals surface area contributed by atoms with E-state index in [9.17, 15) is 34.4 Å². The second-order valence-electron chi connectivity index (χ2n) is 4.60. The summed E-state index contributed by atoms with van der Waals surface area (Å²) in [6.07, 6.45) is -7.77. The number of nitrogens with zero attached hydrogens (tertiary/aromatic N) is 1. The van der Waals surface area contributed by atoms with E-state index in [0.717, 1.165) is 7.11 Å². The summed E-state index contributed by atoms with van der Waals surface area (Å²) in [6, 6.07) is 0. The summed E-state index contributed by atoms with van der Waals surface area (Å²) in [5, 5.41) is 39.6. The number of ether oxygens (including phenoxy) is 2. The number of carbonyl (C=O) groups is 1. The van der Waals surface area contributed by atoms with Gasteiger partial charge in [0.05, 0.1) is 13.3 Å². The van der Waals surface area contributed by atoms with Gasteiger partial charge in [-0.25, -0.2) is 14.0 Å². The van der Waals surface area contributed by atoms with Gasteiger partial charge in [0.15, 0.2) is 11.9 Å². The number of rotatable bonds is 2. The zero-order valence-corrected chi connectivity index (χ0v) is 11.1. The first-order valence-corrected chi connectivity index (χ1v) is 6.00. The molecule has 0 radical (unpaired) electrons. The first-order chi connectivity index (χ1) is 10.2. The highest BCUT2D eigenvalue weighted by Crippen LogP contribution is 2.36. The van der Waals surface area contributed by atoms with E-state index in [-0.39, 0.29) is 0 Å². The van der Waals surface area contributed by atoms with Crippen molar-refractivity contribution < 1.29 is 39.1 Å². The third kappa shape index (κ3) is 2.48. The number of aliphatic hydroxyl groups is 4. The Bertz CT molecular complexity index is 637. The minimum Gasteiger partial charge on any atom is -0.467 e. The molecule has 0 spiro atoms. The summed E-state index contributed by atoms with van der Waals surface area (Å²) in [5.41, 5.74) is -2.03. The van der Waals surface area contributed by atoms with Crippen LogP contribution >= 0.6 is 0 Å². The zero-order valence-electron chi connectivity index (χ0n) is 11.1. The summed E-state index contributed by atoms with van der Waals surface area (Å²) in [6.45, 7) is 0. The molecule has 0 saturated carbocycles. The quantitative estimate of drug-likeness (QED) is 0.351. The Morgan fingerprint density at radius 3 is 2.68 bits per heavy atom. The smallest absolute Gasteiger partial charge is 0.345 e. The van der Waals surface area contributed by atoms with E-state index in [2.05, 4.69) is 9.72 Å². The van der Waals surface area contributed by atoms with E-state index >= 15 is 0 Å². The van der Waals surface area contributed by atoms with Crippen molar-refractivity contribution in [3.63, 3.8) is 0 Å². The van der Waals surface area contributed by atoms with Crippen LogP contribution in [0, 0.1) is 5.82 Å². The Balaban J connectivity index is 2.53. The molecular weight excluding hydrogens is 307 g/mol. The van der Waals surface area contributed by atoms with Crippen LogP contribution in [0.3, 0.4) is 0 Å². The van der Waals surface area contributed by atoms with Crippen LogP contribution in [0.1, 0.15) is 5.69 Å². The molecule has 1 saturated heterocycles. The topological polar surface area (TPSA) is 162 Å². The highest BCUT2D eigenvalue weighted by molar-refractivity contribution is 5.75. The predicted molar refractivity (Wildman–Crippen MR) is 63.6 cm³/mol. The van der Waals surface area contributed by atoms with Gasteiger partial charge in [0.25, 0.3) is 0 Å². The van der Waals surface area contributed by atoms with Crippen LogP contribution in [0.2, 0.25) is 0 Å². The molecule has 0 aliphatic carbocycles. The lowest BCUT2D eigenvalue weighted by Gasteiger charge is -2.44. The molecule has 2 rings (SSSR count). The lowest BCUT2D eigenvalue weighted by molar-refractivity contribution is -0.352. The van der Waals surface area contributed by atoms with Crippen LogP contribution in [0.15, 0.2) is 11.0 Å². The molecule has 10 nitrogen and oxygen atoms in total. The van der Waals surface area contributed by atoms with E-state index < -0.39 is 53.4 Å². The van der Waals surface area contributed by atoms with Gasteiger partial charge in [-0.1, -0.05) is 0 Å². The van der Waals surface area contributed by atoms with Crippen molar-refractivity contribution in [1.29, 1.82) is 0 Å². The fraction of sp³-hybridized carbons (Fsp3) is 0.545. The second kappa shape index (κ2) is 5.70. The number of aromatic amines is 1. The Hall–Kier alpha value is -1.92. The molecule has 1 aromatic rings. The minimum atomic E-state index is -3.01. The first-order valence-electron chi connectivity index (χ1n) is 6.00. The molecule has 122 valence electrons. The van der Waals surface area contributed by atoms with E-state index in [1.54, 1.807) is 0 Å². The van der Waals surface area contributed by atoms with E-state index in [1.165, 1.54) is 0 Å². The molecule has 1 aliphatic rings. The van der Waals surface area contributed by atoms with Crippen LogP contribution in [-0.4, -0.2) is 67.9 Å². The van der Waals surface area contributed by atoms with Crippen molar-refractivity contribution in [2.45, 2.75) is 30.2 Å². The molecule has 5 atom stereocenters. The van der Waals surface area contributed by atoms with Crippen molar-refractivity contribution in [2.24, 2.45) is 0 Å². The van der Waals surface area contributed by atoms with Gasteiger partial charge in [-0.05, 0) is 0 Å². The number of H-pyrrole nitrogens is 1. The lowest BCUT2D eigenvalue weighted by Crippen LogP contribution is -2.65. The number of carbonyl (C=O) groups excluding carboxylic acids is 1. The SMILES string of the molecule is COC(=O)[C@H]1O[C@](O)(c2[nH]c(=O)ncc2F)[C@H](O)[C@@H](O)[C@@H]1O. The summed E-state index contributed by atoms with van der Waals surface area (Å²) in [5.74, 6) is -5.47. The van der Waals surface area contributed by atoms with Crippen molar-refractivity contribution in [3.05, 3.63) is 28.2 Å². The van der Waals surface area contributed by atoms with Gasteiger partial charge < -0.3 is 34.9 Å². The Morgan fingerprint density at radius 1 is 1.45 bits per heavy atom. The molecular formula is C11H13FN2O8. The van der Waals surface area contributed by atoms with Crippen LogP contribution in [0.5, 0.6) is 0 Å². The van der Waals surface area contributed by atoms with E-state index in [0.29, 0.717) is 6.20 Å².